The zero-order valence-corrected chi connectivity index (χ0v) is 5.11. The lowest BCUT2D eigenvalue weighted by Crippen LogP contribution is -2.12. The third kappa shape index (κ3) is 7.26. The van der Waals surface area contributed by atoms with E-state index in [0.717, 1.165) is 5.01 Å². The lowest BCUT2D eigenvalue weighted by Gasteiger charge is -2.03. The van der Waals surface area contributed by atoms with Gasteiger partial charge >= 0.3 is 6.18 Å². The van der Waals surface area contributed by atoms with Crippen LogP contribution in [0.25, 0.3) is 0 Å². The summed E-state index contributed by atoms with van der Waals surface area (Å²) in [6, 6.07) is 0. The molecule has 0 heterocycles. The topological polar surface area (TPSA) is 15.6 Å². The number of hydrogen-bond acceptors (Lipinski definition) is 2. The first-order chi connectivity index (χ1) is 3.92. The molecule has 0 spiro atoms. The first kappa shape index (κ1) is 8.26. The maximum absolute atomic E-state index is 11.2. The van der Waals surface area contributed by atoms with E-state index in [1.165, 1.54) is 14.1 Å². The standard InChI is InChI=1S/C4H7F3N2/c1-9(2)8-3-4(5,6)7/h3H,1-2H3. The van der Waals surface area contributed by atoms with Crippen molar-refractivity contribution in [2.24, 2.45) is 5.10 Å². The summed E-state index contributed by atoms with van der Waals surface area (Å²) in [7, 11) is 2.84. The maximum Gasteiger partial charge on any atom is 0.428 e. The van der Waals surface area contributed by atoms with E-state index in [0.29, 0.717) is 0 Å². The zero-order chi connectivity index (χ0) is 7.49. The molecule has 0 radical (unpaired) electrons. The summed E-state index contributed by atoms with van der Waals surface area (Å²) in [6.45, 7) is 0. The van der Waals surface area contributed by atoms with Gasteiger partial charge in [0.15, 0.2) is 0 Å². The maximum atomic E-state index is 11.2. The fourth-order valence-electron chi connectivity index (χ4n) is 0.181. The SMILES string of the molecule is CN(C)N=CC(F)(F)F. The molecule has 0 fully saturated rings. The van der Waals surface area contributed by atoms with Crippen molar-refractivity contribution in [1.29, 1.82) is 0 Å². The Morgan fingerprint density at radius 2 is 1.78 bits per heavy atom. The smallest absolute Gasteiger partial charge is 0.303 e. The van der Waals surface area contributed by atoms with Gasteiger partial charge in [0, 0.05) is 14.1 Å². The minimum Gasteiger partial charge on any atom is -0.303 e. The van der Waals surface area contributed by atoms with Gasteiger partial charge in [-0.3, -0.25) is 0 Å². The highest BCUT2D eigenvalue weighted by Gasteiger charge is 2.23. The van der Waals surface area contributed by atoms with Crippen LogP contribution in [0.4, 0.5) is 13.2 Å². The summed E-state index contributed by atoms with van der Waals surface area (Å²) >= 11 is 0. The van der Waals surface area contributed by atoms with E-state index in [1.807, 2.05) is 0 Å². The van der Waals surface area contributed by atoms with Gasteiger partial charge in [-0.25, -0.2) is 0 Å². The summed E-state index contributed by atoms with van der Waals surface area (Å²) < 4.78 is 33.7. The quantitative estimate of drug-likeness (QED) is 0.393. The number of alkyl halides is 3. The number of hydrogen-bond donors (Lipinski definition) is 0. The molecule has 0 unspecified atom stereocenters. The number of nitrogens with zero attached hydrogens (tertiary/aromatic N) is 2. The average molecular weight is 140 g/mol. The van der Waals surface area contributed by atoms with Gasteiger partial charge in [0.1, 0.15) is 6.21 Å². The molecular weight excluding hydrogens is 133 g/mol. The number of halogens is 3. The molecule has 0 aromatic rings. The van der Waals surface area contributed by atoms with E-state index in [-0.39, 0.29) is 6.21 Å². The first-order valence-corrected chi connectivity index (χ1v) is 2.21. The van der Waals surface area contributed by atoms with Gasteiger partial charge in [-0.2, -0.15) is 18.3 Å². The lowest BCUT2D eigenvalue weighted by molar-refractivity contribution is -0.0545. The second kappa shape index (κ2) is 2.70. The van der Waals surface area contributed by atoms with Crippen LogP contribution in [0.5, 0.6) is 0 Å². The van der Waals surface area contributed by atoms with E-state index in [9.17, 15) is 13.2 Å². The molecule has 0 aliphatic carbocycles. The summed E-state index contributed by atoms with van der Waals surface area (Å²) in [5, 5.41) is 4.06. The fourth-order valence-corrected chi connectivity index (χ4v) is 0.181. The van der Waals surface area contributed by atoms with E-state index in [1.54, 1.807) is 0 Å². The molecule has 0 rings (SSSR count). The van der Waals surface area contributed by atoms with Crippen molar-refractivity contribution >= 4 is 6.21 Å². The Kier molecular flexibility index (Phi) is 2.48. The molecule has 5 heteroatoms. The molecule has 0 aliphatic heterocycles. The summed E-state index contributed by atoms with van der Waals surface area (Å²) in [6.07, 6.45) is -4.36. The monoisotopic (exact) mass is 140 g/mol. The van der Waals surface area contributed by atoms with Crippen LogP contribution in [-0.2, 0) is 0 Å². The van der Waals surface area contributed by atoms with Gasteiger partial charge in [-0.15, -0.1) is 0 Å². The molecule has 0 aromatic heterocycles. The van der Waals surface area contributed by atoms with E-state index in [4.69, 9.17) is 0 Å². The van der Waals surface area contributed by atoms with Crippen LogP contribution in [0.15, 0.2) is 5.10 Å². The Morgan fingerprint density at radius 3 is 1.89 bits per heavy atom. The summed E-state index contributed by atoms with van der Waals surface area (Å²) in [5.41, 5.74) is 0. The molecule has 0 saturated heterocycles. The van der Waals surface area contributed by atoms with Gasteiger partial charge in [0.2, 0.25) is 0 Å². The molecule has 9 heavy (non-hydrogen) atoms. The highest BCUT2D eigenvalue weighted by atomic mass is 19.4. The predicted octanol–water partition coefficient (Wildman–Crippen LogP) is 1.10. The fraction of sp³-hybridized carbons (Fsp3) is 0.750. The third-order valence-corrected chi connectivity index (χ3v) is 0.435. The minimum absolute atomic E-state index is 0.0625. The summed E-state index contributed by atoms with van der Waals surface area (Å²) in [5.74, 6) is 0. The molecule has 0 atom stereocenters. The van der Waals surface area contributed by atoms with Crippen LogP contribution in [-0.4, -0.2) is 31.5 Å². The van der Waals surface area contributed by atoms with Crippen molar-refractivity contribution in [3.05, 3.63) is 0 Å². The Bertz CT molecular complexity index is 105. The molecule has 0 aromatic carbocycles. The van der Waals surface area contributed by atoms with Crippen LogP contribution in [0.2, 0.25) is 0 Å². The van der Waals surface area contributed by atoms with Crippen molar-refractivity contribution in [3.63, 3.8) is 0 Å². The molecule has 0 aliphatic rings. The second-order valence-corrected chi connectivity index (χ2v) is 1.63. The Balaban J connectivity index is 3.71. The van der Waals surface area contributed by atoms with Crippen LogP contribution in [0.3, 0.4) is 0 Å². The predicted molar refractivity (Wildman–Crippen MR) is 28.2 cm³/mol. The van der Waals surface area contributed by atoms with Crippen molar-refractivity contribution in [1.82, 2.24) is 5.01 Å². The van der Waals surface area contributed by atoms with Crippen LogP contribution in [0, 0.1) is 0 Å². The van der Waals surface area contributed by atoms with Crippen LogP contribution in [0.1, 0.15) is 0 Å². The normalized spacial score (nSPS) is 12.6. The van der Waals surface area contributed by atoms with Gasteiger partial charge in [-0.1, -0.05) is 0 Å². The van der Waals surface area contributed by atoms with Crippen LogP contribution >= 0.6 is 0 Å². The molecule has 0 amide bonds. The Labute approximate surface area is 51.0 Å². The first-order valence-electron chi connectivity index (χ1n) is 2.21. The van der Waals surface area contributed by atoms with Gasteiger partial charge in [0.25, 0.3) is 0 Å². The summed E-state index contributed by atoms with van der Waals surface area (Å²) in [4.78, 5) is 0. The zero-order valence-electron chi connectivity index (χ0n) is 5.11. The van der Waals surface area contributed by atoms with Crippen molar-refractivity contribution in [2.75, 3.05) is 14.1 Å². The number of rotatable bonds is 1. The highest BCUT2D eigenvalue weighted by molar-refractivity contribution is 5.63. The largest absolute Gasteiger partial charge is 0.428 e. The van der Waals surface area contributed by atoms with E-state index in [2.05, 4.69) is 5.10 Å². The van der Waals surface area contributed by atoms with Crippen molar-refractivity contribution < 1.29 is 13.2 Å². The molecule has 0 bridgehead atoms. The van der Waals surface area contributed by atoms with Crippen LogP contribution < -0.4 is 0 Å². The van der Waals surface area contributed by atoms with Gasteiger partial charge in [-0.05, 0) is 0 Å². The van der Waals surface area contributed by atoms with E-state index < -0.39 is 6.18 Å². The second-order valence-electron chi connectivity index (χ2n) is 1.63. The Morgan fingerprint density at radius 1 is 1.33 bits per heavy atom. The molecule has 54 valence electrons. The van der Waals surface area contributed by atoms with Gasteiger partial charge in [0.05, 0.1) is 0 Å². The van der Waals surface area contributed by atoms with Crippen molar-refractivity contribution in [3.8, 4) is 0 Å². The number of hydrazone groups is 1. The highest BCUT2D eigenvalue weighted by Crippen LogP contribution is 2.10. The average Bonchev–Trinajstić information content (AvgIpc) is 1.59. The molecule has 0 saturated carbocycles. The molecule has 0 N–H and O–H groups in total. The molecule has 2 nitrogen and oxygen atoms in total. The lowest BCUT2D eigenvalue weighted by atomic mass is 10.7. The minimum atomic E-state index is -4.30. The van der Waals surface area contributed by atoms with E-state index >= 15 is 0 Å². The van der Waals surface area contributed by atoms with Crippen molar-refractivity contribution in [2.45, 2.75) is 6.18 Å². The third-order valence-electron chi connectivity index (χ3n) is 0.435. The Hall–Kier alpha value is -0.740. The van der Waals surface area contributed by atoms with Gasteiger partial charge < -0.3 is 5.01 Å². The molecular formula is C4H7F3N2.